The summed E-state index contributed by atoms with van der Waals surface area (Å²) in [7, 11) is 6.24. The van der Waals surface area contributed by atoms with E-state index in [1.54, 1.807) is 28.3 Å². The number of aliphatic hydroxyl groups excluding tert-OH is 1. The van der Waals surface area contributed by atoms with Gasteiger partial charge in [0.05, 0.1) is 75.2 Å². The number of hydrogen-bond donors (Lipinski definition) is 2. The predicted molar refractivity (Wildman–Crippen MR) is 203 cm³/mol. The Morgan fingerprint density at radius 1 is 1.02 bits per heavy atom. The molecular weight excluding hydrogens is 770 g/mol. The van der Waals surface area contributed by atoms with E-state index in [-0.39, 0.29) is 97.8 Å². The van der Waals surface area contributed by atoms with E-state index in [4.69, 9.17) is 42.9 Å². The maximum absolute atomic E-state index is 15.4. The molecule has 2 N–H and O–H groups in total. The molecule has 0 amide bonds. The van der Waals surface area contributed by atoms with E-state index in [0.717, 1.165) is 22.1 Å². The van der Waals surface area contributed by atoms with Gasteiger partial charge in [-0.2, -0.15) is 0 Å². The van der Waals surface area contributed by atoms with Gasteiger partial charge in [0.2, 0.25) is 0 Å². The third kappa shape index (κ3) is 10.2. The Morgan fingerprint density at radius 3 is 2.33 bits per heavy atom. The summed E-state index contributed by atoms with van der Waals surface area (Å²) in [6, 6.07) is 2.77. The fourth-order valence-corrected chi connectivity index (χ4v) is 7.92. The number of carbonyl (C=O) groups excluding carboxylic acids is 1. The van der Waals surface area contributed by atoms with Crippen molar-refractivity contribution in [2.75, 3.05) is 68.1 Å². The van der Waals surface area contributed by atoms with Crippen LogP contribution in [-0.4, -0.2) is 119 Å². The summed E-state index contributed by atoms with van der Waals surface area (Å²) in [5.74, 6) is -2.28. The SMILES string of the molecule is CCC(COC)OC(COCC[C@H]1CCc2c(C)c(F)cc3nc4c(c1c23)Cn1c-4cc(C(O)(CC)C(=O)[O-])c(CO)c1=O)OCC(COC)OC(COC)OC.[Na+]. The topological polar surface area (TPSA) is 189 Å². The van der Waals surface area contributed by atoms with E-state index in [2.05, 4.69) is 0 Å². The minimum Gasteiger partial charge on any atom is -0.547 e. The summed E-state index contributed by atoms with van der Waals surface area (Å²) in [5.41, 5.74) is 0.440. The van der Waals surface area contributed by atoms with Gasteiger partial charge in [-0.15, -0.1) is 0 Å². The van der Waals surface area contributed by atoms with Gasteiger partial charge in [-0.3, -0.25) is 4.79 Å². The van der Waals surface area contributed by atoms with Crippen LogP contribution in [0.1, 0.15) is 78.8 Å². The number of carboxylic acid groups (broad SMARTS) is 1. The van der Waals surface area contributed by atoms with Gasteiger partial charge >= 0.3 is 29.6 Å². The number of ether oxygens (including phenoxy) is 8. The van der Waals surface area contributed by atoms with Gasteiger partial charge in [0.15, 0.2) is 12.6 Å². The number of pyridine rings is 2. The molecule has 1 aliphatic carbocycles. The number of aliphatic hydroxyl groups is 2. The van der Waals surface area contributed by atoms with Crippen molar-refractivity contribution in [3.05, 3.63) is 61.7 Å². The summed E-state index contributed by atoms with van der Waals surface area (Å²) in [6.45, 7) is 5.81. The van der Waals surface area contributed by atoms with Crippen molar-refractivity contribution in [2.24, 2.45) is 0 Å². The van der Waals surface area contributed by atoms with Crippen LogP contribution < -0.4 is 40.2 Å². The number of fused-ring (bicyclic) bond motifs is 4. The molecule has 5 rings (SSSR count). The standard InChI is InChI=1S/C41H57FN2O13.Na/c1-8-25(18-50-4)56-35(55-20-26(19-51-5)57-34(53-7)21-52-6)22-54-13-12-24-10-11-27-23(3)31(42)15-32-37(27)36(24)28-16-44-33(38(28)43-32)14-30(29(17-45)39(44)46)41(49,9-2)40(47)48;/h14-15,24-26,34-35,45,49H,8-13,16-22H2,1-7H3,(H,47,48);/q;+1/p-1/t24-,25?,26?,34?,35?,41?;/m1./s1. The molecule has 3 heterocycles. The van der Waals surface area contributed by atoms with Crippen LogP contribution >= 0.6 is 0 Å². The molecule has 0 spiro atoms. The largest absolute Gasteiger partial charge is 1.00 e. The molecule has 0 bridgehead atoms. The Labute approximate surface area is 360 Å². The molecule has 0 saturated carbocycles. The van der Waals surface area contributed by atoms with Crippen LogP contribution in [0.2, 0.25) is 0 Å². The van der Waals surface area contributed by atoms with Gasteiger partial charge in [0.1, 0.15) is 17.5 Å². The number of hydrogen-bond acceptors (Lipinski definition) is 14. The molecule has 17 heteroatoms. The number of halogens is 1. The number of rotatable bonds is 24. The molecule has 1 aliphatic heterocycles. The Balaban J connectivity index is 0.00000744. The molecule has 58 heavy (non-hydrogen) atoms. The molecule has 2 aromatic heterocycles. The summed E-state index contributed by atoms with van der Waals surface area (Å²) >= 11 is 0. The second-order valence-electron chi connectivity index (χ2n) is 14.5. The molecule has 316 valence electrons. The van der Waals surface area contributed by atoms with Crippen molar-refractivity contribution < 1.29 is 92.0 Å². The van der Waals surface area contributed by atoms with Crippen molar-refractivity contribution in [1.82, 2.24) is 9.55 Å². The van der Waals surface area contributed by atoms with Crippen LogP contribution in [0.4, 0.5) is 4.39 Å². The van der Waals surface area contributed by atoms with Crippen LogP contribution in [0.25, 0.3) is 22.3 Å². The minimum atomic E-state index is -2.53. The number of methoxy groups -OCH3 is 4. The van der Waals surface area contributed by atoms with Crippen molar-refractivity contribution in [2.45, 2.75) is 102 Å². The molecule has 6 atom stereocenters. The zero-order valence-electron chi connectivity index (χ0n) is 34.9. The Bertz CT molecular complexity index is 1930. The van der Waals surface area contributed by atoms with Crippen LogP contribution in [0.3, 0.4) is 0 Å². The zero-order chi connectivity index (χ0) is 41.4. The second kappa shape index (κ2) is 21.9. The fraction of sp³-hybridized carbons (Fsp3) is 0.634. The van der Waals surface area contributed by atoms with Crippen LogP contribution in [-0.2, 0) is 67.9 Å². The zero-order valence-corrected chi connectivity index (χ0v) is 36.9. The Hall–Kier alpha value is -2.42. The Kier molecular flexibility index (Phi) is 18.2. The third-order valence-corrected chi connectivity index (χ3v) is 11.1. The van der Waals surface area contributed by atoms with Gasteiger partial charge in [-0.05, 0) is 67.7 Å². The molecule has 0 fully saturated rings. The van der Waals surface area contributed by atoms with Crippen molar-refractivity contribution >= 4 is 16.9 Å². The van der Waals surface area contributed by atoms with Crippen molar-refractivity contribution in [3.63, 3.8) is 0 Å². The number of aryl methyl sites for hydroxylation is 1. The second-order valence-corrected chi connectivity index (χ2v) is 14.5. The van der Waals surface area contributed by atoms with Gasteiger partial charge < -0.3 is 62.6 Å². The van der Waals surface area contributed by atoms with Gasteiger partial charge in [0.25, 0.3) is 5.56 Å². The monoisotopic (exact) mass is 826 g/mol. The molecule has 3 aromatic rings. The summed E-state index contributed by atoms with van der Waals surface area (Å²) in [6.07, 6.45) is 0.0577. The first-order valence-corrected chi connectivity index (χ1v) is 19.4. The molecule has 1 aromatic carbocycles. The van der Waals surface area contributed by atoms with Crippen molar-refractivity contribution in [1.29, 1.82) is 0 Å². The van der Waals surface area contributed by atoms with E-state index in [0.29, 0.717) is 55.7 Å². The van der Waals surface area contributed by atoms with E-state index < -0.39 is 48.2 Å². The first-order valence-electron chi connectivity index (χ1n) is 19.4. The number of benzene rings is 1. The fourth-order valence-electron chi connectivity index (χ4n) is 7.92. The smallest absolute Gasteiger partial charge is 0.547 e. The van der Waals surface area contributed by atoms with E-state index >= 15 is 4.39 Å². The summed E-state index contributed by atoms with van der Waals surface area (Å²) in [5, 5.41) is 34.4. The molecule has 0 saturated heterocycles. The maximum atomic E-state index is 15.4. The quantitative estimate of drug-likeness (QED) is 0.0527. The third-order valence-electron chi connectivity index (χ3n) is 11.1. The first kappa shape index (κ1) is 48.2. The van der Waals surface area contributed by atoms with E-state index in [9.17, 15) is 24.9 Å². The normalized spacial score (nSPS) is 17.6. The summed E-state index contributed by atoms with van der Waals surface area (Å²) < 4.78 is 62.7. The summed E-state index contributed by atoms with van der Waals surface area (Å²) in [4.78, 5) is 30.9. The van der Waals surface area contributed by atoms with Crippen LogP contribution in [0, 0.1) is 12.7 Å². The molecule has 2 aliphatic rings. The molecule has 5 unspecified atom stereocenters. The predicted octanol–water partition coefficient (Wildman–Crippen LogP) is -0.412. The molecular formula is C41H56FN2NaO13. The molecule has 15 nitrogen and oxygen atoms in total. The van der Waals surface area contributed by atoms with Crippen molar-refractivity contribution in [3.8, 4) is 11.4 Å². The van der Waals surface area contributed by atoms with Gasteiger partial charge in [-0.25, -0.2) is 9.37 Å². The molecule has 0 radical (unpaired) electrons. The number of carbonyl (C=O) groups is 1. The number of aliphatic carboxylic acids is 1. The van der Waals surface area contributed by atoms with Gasteiger partial charge in [0, 0.05) is 63.2 Å². The number of nitrogens with zero attached hydrogens (tertiary/aromatic N) is 2. The average Bonchev–Trinajstić information content (AvgIpc) is 3.58. The first-order chi connectivity index (χ1) is 27.4. The number of carboxylic acids is 1. The number of aromatic nitrogens is 2. The van der Waals surface area contributed by atoms with Crippen LogP contribution in [0.15, 0.2) is 16.9 Å². The minimum absolute atomic E-state index is 0. The Morgan fingerprint density at radius 2 is 1.71 bits per heavy atom. The van der Waals surface area contributed by atoms with E-state index in [1.807, 2.05) is 6.92 Å². The van der Waals surface area contributed by atoms with E-state index in [1.165, 1.54) is 30.7 Å². The van der Waals surface area contributed by atoms with Crippen LogP contribution in [0.5, 0.6) is 0 Å². The average molecular weight is 827 g/mol. The van der Waals surface area contributed by atoms with Gasteiger partial charge in [-0.1, -0.05) is 13.8 Å². The maximum Gasteiger partial charge on any atom is 1.00 e.